The molecule has 34 heavy (non-hydrogen) atoms. The van der Waals surface area contributed by atoms with Gasteiger partial charge in [0, 0.05) is 5.56 Å². The number of hydrogen-bond donors (Lipinski definition) is 4. The van der Waals surface area contributed by atoms with E-state index in [1.807, 2.05) is 0 Å². The van der Waals surface area contributed by atoms with Crippen LogP contribution < -0.4 is 11.1 Å². The molecule has 0 spiro atoms. The first kappa shape index (κ1) is 25.0. The summed E-state index contributed by atoms with van der Waals surface area (Å²) in [5.41, 5.74) is 1.31. The number of nitrogens with two attached hydrogens (primary N) is 1. The number of aliphatic hydroxyl groups is 1. The Bertz CT molecular complexity index is 1180. The molecule has 0 aliphatic rings. The van der Waals surface area contributed by atoms with Gasteiger partial charge in [0.05, 0.1) is 18.4 Å². The van der Waals surface area contributed by atoms with Crippen molar-refractivity contribution in [3.05, 3.63) is 71.7 Å². The van der Waals surface area contributed by atoms with E-state index in [2.05, 4.69) is 10.4 Å². The van der Waals surface area contributed by atoms with Gasteiger partial charge in [-0.05, 0) is 42.2 Å². The van der Waals surface area contributed by atoms with Crippen LogP contribution in [0.3, 0.4) is 0 Å². The molecule has 11 heteroatoms. The van der Waals surface area contributed by atoms with Crippen LogP contribution in [0, 0.1) is 5.82 Å². The molecule has 3 rings (SSSR count). The summed E-state index contributed by atoms with van der Waals surface area (Å²) in [6.07, 6.45) is -5.02. The van der Waals surface area contributed by atoms with Crippen LogP contribution in [0.1, 0.15) is 36.2 Å². The van der Waals surface area contributed by atoms with Gasteiger partial charge in [0.25, 0.3) is 5.91 Å². The molecule has 1 heterocycles. The lowest BCUT2D eigenvalue weighted by Crippen LogP contribution is -2.56. The fourth-order valence-electron chi connectivity index (χ4n) is 3.77. The molecular weight excluding hydrogens is 456 g/mol. The average Bonchev–Trinajstić information content (AvgIpc) is 3.14. The van der Waals surface area contributed by atoms with Crippen molar-refractivity contribution in [2.75, 3.05) is 12.3 Å². The lowest BCUT2D eigenvalue weighted by atomic mass is 9.74. The molecule has 7 nitrogen and oxygen atoms in total. The third-order valence-electron chi connectivity index (χ3n) is 5.54. The first-order chi connectivity index (χ1) is 15.7. The maximum atomic E-state index is 13.9. The van der Waals surface area contributed by atoms with Crippen molar-refractivity contribution in [1.82, 2.24) is 15.1 Å². The Labute approximate surface area is 192 Å². The monoisotopic (exact) mass is 480 g/mol. The van der Waals surface area contributed by atoms with Crippen LogP contribution in [-0.4, -0.2) is 44.2 Å². The van der Waals surface area contributed by atoms with Crippen molar-refractivity contribution < 1.29 is 32.6 Å². The average molecular weight is 480 g/mol. The number of anilines is 1. The van der Waals surface area contributed by atoms with Gasteiger partial charge < -0.3 is 21.3 Å². The predicted molar refractivity (Wildman–Crippen MR) is 117 cm³/mol. The van der Waals surface area contributed by atoms with E-state index >= 15 is 0 Å². The summed E-state index contributed by atoms with van der Waals surface area (Å²) in [5.74, 6) is -2.23. The molecule has 0 aliphatic heterocycles. The van der Waals surface area contributed by atoms with E-state index in [0.717, 1.165) is 24.4 Å². The molecule has 5 N–H and O–H groups in total. The molecule has 0 saturated carbocycles. The fraction of sp³-hybridized carbons (Fsp3) is 0.304. The van der Waals surface area contributed by atoms with Crippen LogP contribution in [0.25, 0.3) is 5.69 Å². The van der Waals surface area contributed by atoms with E-state index in [1.54, 1.807) is 30.3 Å². The number of carbonyl (C=O) groups excluding carboxylic acids is 1. The number of nitrogen functional groups attached to an aromatic ring is 1. The minimum Gasteiger partial charge on any atom is -0.508 e. The van der Waals surface area contributed by atoms with E-state index in [0.29, 0.717) is 5.69 Å². The van der Waals surface area contributed by atoms with Crippen LogP contribution in [0.15, 0.2) is 54.7 Å². The number of phenols is 1. The number of carbonyl (C=O) groups is 1. The van der Waals surface area contributed by atoms with Gasteiger partial charge in [-0.1, -0.05) is 32.0 Å². The SMILES string of the molecule is CC(C)(C[C@@](O)(CNC(=O)c1cnn(-c2ccccc2)c1N)C(F)(F)F)c1cc(F)ccc1O. The highest BCUT2D eigenvalue weighted by Crippen LogP contribution is 2.43. The Morgan fingerprint density at radius 1 is 1.15 bits per heavy atom. The van der Waals surface area contributed by atoms with Crippen molar-refractivity contribution in [3.63, 3.8) is 0 Å². The number of para-hydroxylation sites is 1. The van der Waals surface area contributed by atoms with Gasteiger partial charge in [-0.2, -0.15) is 18.3 Å². The first-order valence-electron chi connectivity index (χ1n) is 10.2. The molecule has 1 atom stereocenters. The quantitative estimate of drug-likeness (QED) is 0.385. The highest BCUT2D eigenvalue weighted by molar-refractivity contribution is 5.98. The number of nitrogens with zero attached hydrogens (tertiary/aromatic N) is 2. The number of rotatable bonds is 7. The summed E-state index contributed by atoms with van der Waals surface area (Å²) in [6, 6.07) is 11.5. The molecule has 0 unspecified atom stereocenters. The number of halogens is 4. The maximum Gasteiger partial charge on any atom is 0.418 e. The smallest absolute Gasteiger partial charge is 0.418 e. The van der Waals surface area contributed by atoms with E-state index in [1.165, 1.54) is 18.5 Å². The molecule has 1 amide bonds. The lowest BCUT2D eigenvalue weighted by Gasteiger charge is -2.38. The Kier molecular flexibility index (Phi) is 6.61. The highest BCUT2D eigenvalue weighted by atomic mass is 19.4. The fourth-order valence-corrected chi connectivity index (χ4v) is 3.77. The zero-order valence-electron chi connectivity index (χ0n) is 18.4. The third kappa shape index (κ3) is 4.98. The molecule has 2 aromatic carbocycles. The topological polar surface area (TPSA) is 113 Å². The van der Waals surface area contributed by atoms with Crippen LogP contribution >= 0.6 is 0 Å². The predicted octanol–water partition coefficient (Wildman–Crippen LogP) is 3.69. The van der Waals surface area contributed by atoms with E-state index < -0.39 is 47.6 Å². The second-order valence-electron chi connectivity index (χ2n) is 8.62. The normalized spacial score (nSPS) is 14.0. The molecule has 0 fully saturated rings. The largest absolute Gasteiger partial charge is 0.508 e. The van der Waals surface area contributed by atoms with Gasteiger partial charge >= 0.3 is 6.18 Å². The standard InChI is InChI=1S/C23H24F4N4O3/c1-21(2,17-10-14(24)8-9-18(17)32)12-22(34,23(25,26)27)13-29-20(33)16-11-30-31(19(16)28)15-6-4-3-5-7-15/h3-11,32,34H,12-13,28H2,1-2H3,(H,29,33)/t22-/m1/s1. The zero-order valence-corrected chi connectivity index (χ0v) is 18.4. The number of aromatic nitrogens is 2. The minimum absolute atomic E-state index is 0.0933. The van der Waals surface area contributed by atoms with Gasteiger partial charge in [0.1, 0.15) is 22.9 Å². The molecule has 3 aromatic rings. The number of alkyl halides is 3. The molecule has 0 radical (unpaired) electrons. The highest BCUT2D eigenvalue weighted by Gasteiger charge is 2.56. The third-order valence-corrected chi connectivity index (χ3v) is 5.54. The number of nitrogens with one attached hydrogen (secondary N) is 1. The Balaban J connectivity index is 1.83. The minimum atomic E-state index is -5.15. The van der Waals surface area contributed by atoms with Gasteiger partial charge in [0.2, 0.25) is 0 Å². The first-order valence-corrected chi connectivity index (χ1v) is 10.2. The van der Waals surface area contributed by atoms with Gasteiger partial charge in [-0.15, -0.1) is 0 Å². The second-order valence-corrected chi connectivity index (χ2v) is 8.62. The number of aromatic hydroxyl groups is 1. The van der Waals surface area contributed by atoms with Crippen LogP contribution in [0.5, 0.6) is 5.75 Å². The molecule has 0 bridgehead atoms. The summed E-state index contributed by atoms with van der Waals surface area (Å²) in [7, 11) is 0. The van der Waals surface area contributed by atoms with Crippen molar-refractivity contribution in [2.24, 2.45) is 0 Å². The molecule has 1 aromatic heterocycles. The van der Waals surface area contributed by atoms with E-state index in [4.69, 9.17) is 5.73 Å². The Morgan fingerprint density at radius 3 is 2.41 bits per heavy atom. The van der Waals surface area contributed by atoms with Crippen molar-refractivity contribution in [3.8, 4) is 11.4 Å². The summed E-state index contributed by atoms with van der Waals surface area (Å²) < 4.78 is 56.7. The van der Waals surface area contributed by atoms with Crippen LogP contribution in [0.2, 0.25) is 0 Å². The number of amides is 1. The van der Waals surface area contributed by atoms with Crippen molar-refractivity contribution >= 4 is 11.7 Å². The molecule has 182 valence electrons. The number of phenolic OH excluding ortho intramolecular Hbond substituents is 1. The van der Waals surface area contributed by atoms with Crippen molar-refractivity contribution in [1.29, 1.82) is 0 Å². The van der Waals surface area contributed by atoms with Crippen LogP contribution in [0.4, 0.5) is 23.4 Å². The molecular formula is C23H24F4N4O3. The van der Waals surface area contributed by atoms with Crippen molar-refractivity contribution in [2.45, 2.75) is 37.5 Å². The summed E-state index contributed by atoms with van der Waals surface area (Å²) in [4.78, 5) is 12.6. The number of benzene rings is 2. The molecule has 0 aliphatic carbocycles. The summed E-state index contributed by atoms with van der Waals surface area (Å²) in [5, 5.41) is 26.7. The molecule has 0 saturated heterocycles. The second kappa shape index (κ2) is 8.98. The van der Waals surface area contributed by atoms with Gasteiger partial charge in [0.15, 0.2) is 5.60 Å². The van der Waals surface area contributed by atoms with E-state index in [9.17, 15) is 32.6 Å². The zero-order chi connectivity index (χ0) is 25.3. The summed E-state index contributed by atoms with van der Waals surface area (Å²) >= 11 is 0. The Hall–Kier alpha value is -3.60. The van der Waals surface area contributed by atoms with Gasteiger partial charge in [-0.25, -0.2) is 9.07 Å². The van der Waals surface area contributed by atoms with E-state index in [-0.39, 0.29) is 16.9 Å². The number of hydrogen-bond acceptors (Lipinski definition) is 5. The van der Waals surface area contributed by atoms with Gasteiger partial charge in [-0.3, -0.25) is 4.79 Å². The van der Waals surface area contributed by atoms with Crippen LogP contribution in [-0.2, 0) is 5.41 Å². The summed E-state index contributed by atoms with van der Waals surface area (Å²) in [6.45, 7) is 1.44. The Morgan fingerprint density at radius 2 is 1.79 bits per heavy atom. The lowest BCUT2D eigenvalue weighted by molar-refractivity contribution is -0.263. The maximum absolute atomic E-state index is 13.9.